The molecule has 16 heavy (non-hydrogen) atoms. The number of hydrogen-bond donors (Lipinski definition) is 1. The van der Waals surface area contributed by atoms with Crippen molar-refractivity contribution in [2.45, 2.75) is 13.5 Å². The molecule has 0 aliphatic carbocycles. The van der Waals surface area contributed by atoms with E-state index in [2.05, 4.69) is 15.5 Å². The van der Waals surface area contributed by atoms with Gasteiger partial charge in [-0.25, -0.2) is 0 Å². The van der Waals surface area contributed by atoms with Crippen LogP contribution in [0.3, 0.4) is 0 Å². The minimum Gasteiger partial charge on any atom is -0.364 e. The van der Waals surface area contributed by atoms with Crippen LogP contribution in [0, 0.1) is 6.92 Å². The third-order valence-electron chi connectivity index (χ3n) is 2.16. The molecule has 2 heterocycles. The second-order valence-corrected chi connectivity index (χ2v) is 3.38. The molecule has 0 fully saturated rings. The Kier molecular flexibility index (Phi) is 2.95. The lowest BCUT2D eigenvalue weighted by Gasteiger charge is -2.02. The molecule has 0 saturated carbocycles. The first-order valence-corrected chi connectivity index (χ1v) is 4.85. The second kappa shape index (κ2) is 4.57. The summed E-state index contributed by atoms with van der Waals surface area (Å²) in [6, 6.07) is 3.69. The number of carbonyl (C=O) groups is 1. The molecule has 2 aromatic heterocycles. The largest absolute Gasteiger partial charge is 0.364 e. The van der Waals surface area contributed by atoms with Gasteiger partial charge in [0.25, 0.3) is 5.91 Å². The fourth-order valence-corrected chi connectivity index (χ4v) is 1.27. The summed E-state index contributed by atoms with van der Waals surface area (Å²) in [6.07, 6.45) is 4.81. The van der Waals surface area contributed by atoms with E-state index in [0.29, 0.717) is 12.2 Å². The summed E-state index contributed by atoms with van der Waals surface area (Å²) in [4.78, 5) is 15.5. The lowest BCUT2D eigenvalue weighted by atomic mass is 10.2. The summed E-state index contributed by atoms with van der Waals surface area (Å²) in [7, 11) is 0. The van der Waals surface area contributed by atoms with Crippen LogP contribution in [0.2, 0.25) is 0 Å². The molecule has 5 nitrogen and oxygen atoms in total. The molecule has 0 unspecified atom stereocenters. The highest BCUT2D eigenvalue weighted by molar-refractivity contribution is 5.93. The number of pyridine rings is 1. The third-order valence-corrected chi connectivity index (χ3v) is 2.16. The fourth-order valence-electron chi connectivity index (χ4n) is 1.27. The van der Waals surface area contributed by atoms with Gasteiger partial charge in [0.05, 0.1) is 0 Å². The van der Waals surface area contributed by atoms with Crippen molar-refractivity contribution in [1.29, 1.82) is 0 Å². The van der Waals surface area contributed by atoms with E-state index in [0.717, 1.165) is 11.1 Å². The Balaban J connectivity index is 1.97. The molecule has 1 amide bonds. The molecular formula is C11H11N3O2. The monoisotopic (exact) mass is 217 g/mol. The van der Waals surface area contributed by atoms with Gasteiger partial charge in [-0.15, -0.1) is 0 Å². The summed E-state index contributed by atoms with van der Waals surface area (Å²) in [5.74, 6) is -0.233. The van der Waals surface area contributed by atoms with Crippen LogP contribution in [0.15, 0.2) is 35.3 Å². The van der Waals surface area contributed by atoms with E-state index < -0.39 is 0 Å². The zero-order valence-corrected chi connectivity index (χ0v) is 8.80. The number of aromatic nitrogens is 2. The highest BCUT2D eigenvalue weighted by atomic mass is 16.5. The highest BCUT2D eigenvalue weighted by Gasteiger charge is 2.12. The Bertz CT molecular complexity index is 479. The van der Waals surface area contributed by atoms with Crippen LogP contribution >= 0.6 is 0 Å². The number of nitrogens with one attached hydrogen (secondary N) is 1. The van der Waals surface area contributed by atoms with E-state index >= 15 is 0 Å². The average Bonchev–Trinajstić information content (AvgIpc) is 2.74. The first-order chi connectivity index (χ1) is 7.77. The predicted molar refractivity (Wildman–Crippen MR) is 56.6 cm³/mol. The molecule has 0 aliphatic heterocycles. The number of amides is 1. The van der Waals surface area contributed by atoms with E-state index in [-0.39, 0.29) is 5.91 Å². The molecule has 0 aromatic carbocycles. The Morgan fingerprint density at radius 2 is 2.19 bits per heavy atom. The zero-order chi connectivity index (χ0) is 11.4. The van der Waals surface area contributed by atoms with Crippen LogP contribution < -0.4 is 5.32 Å². The van der Waals surface area contributed by atoms with Crippen LogP contribution in [0.4, 0.5) is 0 Å². The lowest BCUT2D eigenvalue weighted by Crippen LogP contribution is -2.23. The minimum atomic E-state index is -0.233. The summed E-state index contributed by atoms with van der Waals surface area (Å²) in [6.45, 7) is 2.23. The smallest absolute Gasteiger partial charge is 0.274 e. The van der Waals surface area contributed by atoms with Gasteiger partial charge >= 0.3 is 0 Å². The van der Waals surface area contributed by atoms with Crippen LogP contribution in [0.1, 0.15) is 21.6 Å². The number of nitrogens with zero attached hydrogens (tertiary/aromatic N) is 2. The summed E-state index contributed by atoms with van der Waals surface area (Å²) in [5.41, 5.74) is 2.05. The number of carbonyl (C=O) groups excluding carboxylic acids is 1. The number of hydrogen-bond acceptors (Lipinski definition) is 4. The van der Waals surface area contributed by atoms with E-state index in [1.54, 1.807) is 19.3 Å². The van der Waals surface area contributed by atoms with Crippen molar-refractivity contribution in [3.63, 3.8) is 0 Å². The van der Waals surface area contributed by atoms with Crippen molar-refractivity contribution in [3.05, 3.63) is 47.6 Å². The molecule has 5 heteroatoms. The molecule has 0 spiro atoms. The minimum absolute atomic E-state index is 0.233. The number of rotatable bonds is 3. The maximum Gasteiger partial charge on any atom is 0.274 e. The van der Waals surface area contributed by atoms with Gasteiger partial charge in [-0.2, -0.15) is 0 Å². The van der Waals surface area contributed by atoms with Gasteiger partial charge in [0.2, 0.25) is 0 Å². The first kappa shape index (κ1) is 10.4. The maximum absolute atomic E-state index is 11.7. The summed E-state index contributed by atoms with van der Waals surface area (Å²) >= 11 is 0. The molecule has 0 atom stereocenters. The van der Waals surface area contributed by atoms with E-state index in [9.17, 15) is 4.79 Å². The topological polar surface area (TPSA) is 68.0 Å². The second-order valence-electron chi connectivity index (χ2n) is 3.38. The van der Waals surface area contributed by atoms with Gasteiger partial charge < -0.3 is 9.84 Å². The Hall–Kier alpha value is -2.17. The van der Waals surface area contributed by atoms with E-state index in [1.807, 2.05) is 12.1 Å². The van der Waals surface area contributed by atoms with Gasteiger partial charge in [0.1, 0.15) is 6.26 Å². The molecule has 0 aliphatic rings. The van der Waals surface area contributed by atoms with Gasteiger partial charge in [-0.3, -0.25) is 9.78 Å². The molecule has 2 aromatic rings. The fraction of sp³-hybridized carbons (Fsp3) is 0.182. The number of aryl methyl sites for hydroxylation is 1. The van der Waals surface area contributed by atoms with Crippen molar-refractivity contribution in [2.24, 2.45) is 0 Å². The molecule has 0 radical (unpaired) electrons. The molecule has 0 saturated heterocycles. The average molecular weight is 217 g/mol. The van der Waals surface area contributed by atoms with Crippen LogP contribution in [-0.4, -0.2) is 16.0 Å². The van der Waals surface area contributed by atoms with Crippen molar-refractivity contribution >= 4 is 5.91 Å². The Morgan fingerprint density at radius 3 is 2.81 bits per heavy atom. The van der Waals surface area contributed by atoms with Gasteiger partial charge in [0.15, 0.2) is 5.69 Å². The molecule has 2 rings (SSSR count). The molecule has 0 bridgehead atoms. The van der Waals surface area contributed by atoms with E-state index in [1.165, 1.54) is 6.26 Å². The van der Waals surface area contributed by atoms with Crippen LogP contribution in [0.25, 0.3) is 0 Å². The molecule has 1 N–H and O–H groups in total. The SMILES string of the molecule is Cc1conc1C(=O)NCc1ccncc1. The standard InChI is InChI=1S/C11H11N3O2/c1-8-7-16-14-10(8)11(15)13-6-9-2-4-12-5-3-9/h2-5,7H,6H2,1H3,(H,13,15). The summed E-state index contributed by atoms with van der Waals surface area (Å²) < 4.78 is 4.70. The van der Waals surface area contributed by atoms with Crippen molar-refractivity contribution in [1.82, 2.24) is 15.5 Å². The van der Waals surface area contributed by atoms with Crippen LogP contribution in [-0.2, 0) is 6.54 Å². The normalized spacial score (nSPS) is 10.1. The van der Waals surface area contributed by atoms with E-state index in [4.69, 9.17) is 4.52 Å². The Morgan fingerprint density at radius 1 is 1.44 bits per heavy atom. The van der Waals surface area contributed by atoms with Gasteiger partial charge in [-0.1, -0.05) is 5.16 Å². The zero-order valence-electron chi connectivity index (χ0n) is 8.80. The highest BCUT2D eigenvalue weighted by Crippen LogP contribution is 2.04. The summed E-state index contributed by atoms with van der Waals surface area (Å²) in [5, 5.41) is 6.38. The van der Waals surface area contributed by atoms with Crippen molar-refractivity contribution in [2.75, 3.05) is 0 Å². The van der Waals surface area contributed by atoms with Crippen molar-refractivity contribution in [3.8, 4) is 0 Å². The maximum atomic E-state index is 11.7. The Labute approximate surface area is 92.5 Å². The molecule has 82 valence electrons. The lowest BCUT2D eigenvalue weighted by molar-refractivity contribution is 0.0941. The van der Waals surface area contributed by atoms with Gasteiger partial charge in [-0.05, 0) is 24.6 Å². The van der Waals surface area contributed by atoms with Crippen LogP contribution in [0.5, 0.6) is 0 Å². The third kappa shape index (κ3) is 2.25. The predicted octanol–water partition coefficient (Wildman–Crippen LogP) is 1.31. The first-order valence-electron chi connectivity index (χ1n) is 4.85. The van der Waals surface area contributed by atoms with Gasteiger partial charge in [0, 0.05) is 24.5 Å². The van der Waals surface area contributed by atoms with Crippen molar-refractivity contribution < 1.29 is 9.32 Å². The quantitative estimate of drug-likeness (QED) is 0.841. The molecular weight excluding hydrogens is 206 g/mol.